The summed E-state index contributed by atoms with van der Waals surface area (Å²) in [6.07, 6.45) is 8.82. The smallest absolute Gasteiger partial charge is 0.0530 e. The van der Waals surface area contributed by atoms with E-state index in [1.54, 1.807) is 0 Å². The van der Waals surface area contributed by atoms with Gasteiger partial charge >= 0.3 is 0 Å². The molecule has 1 aromatic rings. The van der Waals surface area contributed by atoms with Gasteiger partial charge in [-0.2, -0.15) is 5.10 Å². The first kappa shape index (κ1) is 12.1. The van der Waals surface area contributed by atoms with E-state index in [0.717, 1.165) is 25.0 Å². The minimum atomic E-state index is 0.341. The van der Waals surface area contributed by atoms with Gasteiger partial charge in [0.25, 0.3) is 0 Å². The number of hydrogen-bond acceptors (Lipinski definition) is 2. The number of aryl methyl sites for hydroxylation is 2. The van der Waals surface area contributed by atoms with Crippen molar-refractivity contribution in [3.8, 4) is 0 Å². The van der Waals surface area contributed by atoms with Crippen LogP contribution in [0.3, 0.4) is 0 Å². The second-order valence-corrected chi connectivity index (χ2v) is 5.37. The van der Waals surface area contributed by atoms with Gasteiger partial charge in [0.15, 0.2) is 0 Å². The predicted molar refractivity (Wildman–Crippen MR) is 67.8 cm³/mol. The van der Waals surface area contributed by atoms with E-state index in [2.05, 4.69) is 27.2 Å². The fraction of sp³-hybridized carbons (Fsp3) is 0.750. The van der Waals surface area contributed by atoms with Crippen molar-refractivity contribution in [2.24, 2.45) is 12.5 Å². The van der Waals surface area contributed by atoms with Gasteiger partial charge in [0.2, 0.25) is 0 Å². The normalized spacial score (nSPS) is 25.9. The summed E-state index contributed by atoms with van der Waals surface area (Å²) in [5, 5.41) is 5.24. The van der Waals surface area contributed by atoms with Gasteiger partial charge in [0, 0.05) is 30.6 Å². The van der Waals surface area contributed by atoms with Crippen LogP contribution in [0.15, 0.2) is 12.4 Å². The van der Waals surface area contributed by atoms with Crippen molar-refractivity contribution in [3.63, 3.8) is 0 Å². The van der Waals surface area contributed by atoms with Crippen molar-refractivity contribution >= 4 is 15.9 Å². The van der Waals surface area contributed by atoms with Crippen molar-refractivity contribution in [2.45, 2.75) is 25.7 Å². The van der Waals surface area contributed by atoms with Crippen LogP contribution < -0.4 is 0 Å². The molecule has 1 saturated heterocycles. The summed E-state index contributed by atoms with van der Waals surface area (Å²) in [7, 11) is 1.97. The van der Waals surface area contributed by atoms with E-state index in [0.29, 0.717) is 5.41 Å². The second kappa shape index (κ2) is 5.32. The molecule has 2 heterocycles. The van der Waals surface area contributed by atoms with E-state index in [-0.39, 0.29) is 0 Å². The van der Waals surface area contributed by atoms with Crippen LogP contribution in [-0.2, 0) is 18.2 Å². The molecule has 3 nitrogen and oxygen atoms in total. The van der Waals surface area contributed by atoms with Crippen LogP contribution in [0.2, 0.25) is 0 Å². The topological polar surface area (TPSA) is 27.1 Å². The standard InChI is InChI=1S/C12H19BrN2O/c1-15-8-11(7-14-15)3-5-12(9-13)4-2-6-16-10-12/h7-8H,2-6,9-10H2,1H3. The van der Waals surface area contributed by atoms with Gasteiger partial charge in [0.1, 0.15) is 0 Å². The molecule has 16 heavy (non-hydrogen) atoms. The third kappa shape index (κ3) is 2.86. The molecule has 0 spiro atoms. The van der Waals surface area contributed by atoms with E-state index < -0.39 is 0 Å². The Balaban J connectivity index is 1.91. The molecule has 4 heteroatoms. The molecule has 1 fully saturated rings. The highest BCUT2D eigenvalue weighted by atomic mass is 79.9. The zero-order valence-electron chi connectivity index (χ0n) is 9.79. The molecule has 1 unspecified atom stereocenters. The molecule has 0 saturated carbocycles. The average molecular weight is 287 g/mol. The van der Waals surface area contributed by atoms with Crippen LogP contribution in [0.25, 0.3) is 0 Å². The van der Waals surface area contributed by atoms with Crippen molar-refractivity contribution < 1.29 is 4.74 Å². The van der Waals surface area contributed by atoms with Gasteiger partial charge in [-0.15, -0.1) is 0 Å². The Kier molecular flexibility index (Phi) is 4.03. The number of rotatable bonds is 4. The Morgan fingerprint density at radius 1 is 1.62 bits per heavy atom. The molecule has 0 aromatic carbocycles. The lowest BCUT2D eigenvalue weighted by Crippen LogP contribution is -2.33. The molecular formula is C12H19BrN2O. The minimum Gasteiger partial charge on any atom is -0.381 e. The summed E-state index contributed by atoms with van der Waals surface area (Å²) >= 11 is 3.65. The fourth-order valence-corrected chi connectivity index (χ4v) is 3.01. The third-order valence-electron chi connectivity index (χ3n) is 3.39. The van der Waals surface area contributed by atoms with E-state index in [1.807, 2.05) is 17.9 Å². The van der Waals surface area contributed by atoms with Gasteiger partial charge in [-0.05, 0) is 31.2 Å². The maximum absolute atomic E-state index is 5.62. The molecule has 1 atom stereocenters. The molecule has 0 aliphatic carbocycles. The zero-order chi connectivity index (χ0) is 11.4. The SMILES string of the molecule is Cn1cc(CCC2(CBr)CCCOC2)cn1. The fourth-order valence-electron chi connectivity index (χ4n) is 2.29. The number of hydrogen-bond donors (Lipinski definition) is 0. The van der Waals surface area contributed by atoms with Crippen LogP contribution in [0.4, 0.5) is 0 Å². The Morgan fingerprint density at radius 3 is 3.06 bits per heavy atom. The first-order chi connectivity index (χ1) is 7.74. The lowest BCUT2D eigenvalue weighted by Gasteiger charge is -2.35. The van der Waals surface area contributed by atoms with Crippen LogP contribution in [0.1, 0.15) is 24.8 Å². The lowest BCUT2D eigenvalue weighted by atomic mass is 9.80. The van der Waals surface area contributed by atoms with Crippen LogP contribution >= 0.6 is 15.9 Å². The minimum absolute atomic E-state index is 0.341. The van der Waals surface area contributed by atoms with Gasteiger partial charge in [-0.3, -0.25) is 4.68 Å². The third-order valence-corrected chi connectivity index (χ3v) is 4.58. The number of alkyl halides is 1. The molecule has 0 bridgehead atoms. The Labute approximate surface area is 105 Å². The largest absolute Gasteiger partial charge is 0.381 e. The summed E-state index contributed by atoms with van der Waals surface area (Å²) in [5.41, 5.74) is 1.67. The highest BCUT2D eigenvalue weighted by Gasteiger charge is 2.31. The molecule has 2 rings (SSSR count). The van der Waals surface area contributed by atoms with Crippen LogP contribution in [0.5, 0.6) is 0 Å². The molecule has 1 aliphatic rings. The molecule has 1 aromatic heterocycles. The van der Waals surface area contributed by atoms with Crippen molar-refractivity contribution in [3.05, 3.63) is 18.0 Å². The summed E-state index contributed by atoms with van der Waals surface area (Å²) in [5.74, 6) is 0. The average Bonchev–Trinajstić information content (AvgIpc) is 2.74. The van der Waals surface area contributed by atoms with Crippen molar-refractivity contribution in [1.29, 1.82) is 0 Å². The Bertz CT molecular complexity index is 332. The van der Waals surface area contributed by atoms with Crippen LogP contribution in [-0.4, -0.2) is 28.3 Å². The van der Waals surface area contributed by atoms with Crippen molar-refractivity contribution in [1.82, 2.24) is 9.78 Å². The number of ether oxygens (including phenoxy) is 1. The first-order valence-electron chi connectivity index (χ1n) is 5.85. The Morgan fingerprint density at radius 2 is 2.50 bits per heavy atom. The summed E-state index contributed by atoms with van der Waals surface area (Å²) in [6, 6.07) is 0. The second-order valence-electron chi connectivity index (χ2n) is 4.81. The molecule has 1 aliphatic heterocycles. The quantitative estimate of drug-likeness (QED) is 0.796. The monoisotopic (exact) mass is 286 g/mol. The van der Waals surface area contributed by atoms with Crippen molar-refractivity contribution in [2.75, 3.05) is 18.5 Å². The summed E-state index contributed by atoms with van der Waals surface area (Å²) in [4.78, 5) is 0. The Hall–Kier alpha value is -0.350. The van der Waals surface area contributed by atoms with Gasteiger partial charge in [-0.1, -0.05) is 15.9 Å². The van der Waals surface area contributed by atoms with Gasteiger partial charge in [0.05, 0.1) is 12.8 Å². The molecule has 0 N–H and O–H groups in total. The summed E-state index contributed by atoms with van der Waals surface area (Å²) < 4.78 is 7.49. The maximum Gasteiger partial charge on any atom is 0.0530 e. The highest BCUT2D eigenvalue weighted by Crippen LogP contribution is 2.35. The van der Waals surface area contributed by atoms with E-state index in [9.17, 15) is 0 Å². The van der Waals surface area contributed by atoms with E-state index in [4.69, 9.17) is 4.74 Å². The van der Waals surface area contributed by atoms with E-state index >= 15 is 0 Å². The number of nitrogens with zero attached hydrogens (tertiary/aromatic N) is 2. The first-order valence-corrected chi connectivity index (χ1v) is 6.97. The van der Waals surface area contributed by atoms with Gasteiger partial charge in [-0.25, -0.2) is 0 Å². The van der Waals surface area contributed by atoms with Crippen LogP contribution in [0, 0.1) is 5.41 Å². The molecule has 0 radical (unpaired) electrons. The zero-order valence-corrected chi connectivity index (χ0v) is 11.4. The highest BCUT2D eigenvalue weighted by molar-refractivity contribution is 9.09. The molecular weight excluding hydrogens is 268 g/mol. The molecule has 0 amide bonds. The number of halogens is 1. The maximum atomic E-state index is 5.62. The lowest BCUT2D eigenvalue weighted by molar-refractivity contribution is 0.00167. The van der Waals surface area contributed by atoms with E-state index in [1.165, 1.54) is 24.8 Å². The van der Waals surface area contributed by atoms with Gasteiger partial charge < -0.3 is 4.74 Å². The summed E-state index contributed by atoms with van der Waals surface area (Å²) in [6.45, 7) is 1.83. The predicted octanol–water partition coefficient (Wildman–Crippen LogP) is 2.54. The molecule has 90 valence electrons. The number of aromatic nitrogens is 2.